The second-order valence-corrected chi connectivity index (χ2v) is 19.2. The van der Waals surface area contributed by atoms with E-state index in [4.69, 9.17) is 0 Å². The molecule has 6 aromatic rings. The quantitative estimate of drug-likeness (QED) is 0.166. The average molecular weight is 663 g/mol. The number of aryl methyl sites for hydroxylation is 2. The molecule has 2 aromatic carbocycles. The van der Waals surface area contributed by atoms with E-state index in [-0.39, 0.29) is 5.41 Å². The summed E-state index contributed by atoms with van der Waals surface area (Å²) in [5, 5.41) is 0. The molecule has 2 saturated carbocycles. The van der Waals surface area contributed by atoms with Gasteiger partial charge < -0.3 is 0 Å². The summed E-state index contributed by atoms with van der Waals surface area (Å²) < 4.78 is 5.78. The largest absolute Gasteiger partial charge is 0.140 e. The van der Waals surface area contributed by atoms with E-state index >= 15 is 0 Å². The van der Waals surface area contributed by atoms with Crippen LogP contribution in [0.5, 0.6) is 0 Å². The second kappa shape index (κ2) is 10.4. The first-order chi connectivity index (χ1) is 21.9. The first kappa shape index (κ1) is 28.9. The van der Waals surface area contributed by atoms with Crippen LogP contribution in [0.3, 0.4) is 0 Å². The zero-order chi connectivity index (χ0) is 30.6. The van der Waals surface area contributed by atoms with Crippen molar-refractivity contribution >= 4 is 64.1 Å². The molecule has 4 heteroatoms. The van der Waals surface area contributed by atoms with E-state index in [9.17, 15) is 0 Å². The van der Waals surface area contributed by atoms with Crippen molar-refractivity contribution in [1.82, 2.24) is 0 Å². The van der Waals surface area contributed by atoms with Gasteiger partial charge in [-0.2, -0.15) is 0 Å². The number of hydrogen-bond acceptors (Lipinski definition) is 4. The van der Waals surface area contributed by atoms with Crippen LogP contribution in [0.1, 0.15) is 98.9 Å². The van der Waals surface area contributed by atoms with E-state index in [1.54, 1.807) is 11.1 Å². The molecule has 3 aliphatic carbocycles. The van der Waals surface area contributed by atoms with Crippen LogP contribution < -0.4 is 0 Å². The van der Waals surface area contributed by atoms with Gasteiger partial charge in [-0.25, -0.2) is 0 Å². The van der Waals surface area contributed by atoms with Crippen molar-refractivity contribution in [2.24, 2.45) is 10.8 Å². The maximum atomic E-state index is 2.71. The lowest BCUT2D eigenvalue weighted by molar-refractivity contribution is -0.0949. The van der Waals surface area contributed by atoms with Crippen molar-refractivity contribution in [1.29, 1.82) is 0 Å². The van der Waals surface area contributed by atoms with Crippen LogP contribution in [-0.4, -0.2) is 0 Å². The van der Waals surface area contributed by atoms with Gasteiger partial charge in [0.15, 0.2) is 0 Å². The molecule has 0 N–H and O–H groups in total. The maximum absolute atomic E-state index is 2.71. The predicted molar refractivity (Wildman–Crippen MR) is 202 cm³/mol. The fourth-order valence-corrected chi connectivity index (χ4v) is 15.5. The maximum Gasteiger partial charge on any atom is 0.0459 e. The normalized spacial score (nSPS) is 23.3. The molecule has 9 rings (SSSR count). The summed E-state index contributed by atoms with van der Waals surface area (Å²) >= 11 is 7.87. The second-order valence-electron chi connectivity index (χ2n) is 14.4. The van der Waals surface area contributed by atoms with Crippen LogP contribution >= 0.6 is 45.3 Å². The third-order valence-corrected chi connectivity index (χ3v) is 16.6. The number of hydrogen-bond donors (Lipinski definition) is 0. The van der Waals surface area contributed by atoms with E-state index in [1.165, 1.54) is 125 Å². The van der Waals surface area contributed by atoms with Crippen molar-refractivity contribution in [3.05, 3.63) is 81.5 Å². The summed E-state index contributed by atoms with van der Waals surface area (Å²) in [4.78, 5) is 5.71. The highest BCUT2D eigenvalue weighted by Gasteiger charge is 2.69. The van der Waals surface area contributed by atoms with Crippen LogP contribution in [0, 0.1) is 24.7 Å². The zero-order valence-corrected chi connectivity index (χ0v) is 30.2. The van der Waals surface area contributed by atoms with Gasteiger partial charge in [-0.15, -0.1) is 45.3 Å². The van der Waals surface area contributed by atoms with Crippen LogP contribution in [0.4, 0.5) is 0 Å². The Bertz CT molecular complexity index is 1860. The summed E-state index contributed by atoms with van der Waals surface area (Å²) in [5.74, 6) is 0. The Balaban J connectivity index is 1.32. The summed E-state index contributed by atoms with van der Waals surface area (Å²) in [5.41, 5.74) is 10.0. The van der Waals surface area contributed by atoms with E-state index in [0.717, 1.165) is 0 Å². The molecule has 230 valence electrons. The standard InChI is InChI=1S/C41H42S4/c1-5-13-39-15-7-17-40(14-6-2,18-8-16-39)41(39)31-21-27(33-23-37-35(44-33)19-25(3)42-37)9-11-29(31)30-12-10-28(22-32(30)41)34-24-38-36(45-34)20-26(4)43-38/h9-12,19-24H,5-8,13-18H2,1-4H3. The van der Waals surface area contributed by atoms with Crippen LogP contribution in [0.15, 0.2) is 60.7 Å². The Morgan fingerprint density at radius 2 is 0.956 bits per heavy atom. The lowest BCUT2D eigenvalue weighted by Crippen LogP contribution is -2.62. The first-order valence-electron chi connectivity index (χ1n) is 17.2. The Morgan fingerprint density at radius 1 is 0.533 bits per heavy atom. The molecule has 0 nitrogen and oxygen atoms in total. The van der Waals surface area contributed by atoms with Crippen LogP contribution in [0.25, 0.3) is 50.8 Å². The van der Waals surface area contributed by atoms with Gasteiger partial charge in [0.1, 0.15) is 0 Å². The number of fused-ring (bicyclic) bond motifs is 5. The molecule has 0 atom stereocenters. The molecule has 1 spiro atoms. The molecule has 0 amide bonds. The third-order valence-electron chi connectivity index (χ3n) is 12.0. The third kappa shape index (κ3) is 3.92. The number of rotatable bonds is 6. The highest BCUT2D eigenvalue weighted by molar-refractivity contribution is 7.30. The predicted octanol–water partition coefficient (Wildman–Crippen LogP) is 14.4. The summed E-state index contributed by atoms with van der Waals surface area (Å²) in [7, 11) is 0. The highest BCUT2D eigenvalue weighted by atomic mass is 32.1. The molecule has 4 heterocycles. The topological polar surface area (TPSA) is 0 Å². The Hall–Kier alpha value is -2.24. The van der Waals surface area contributed by atoms with Crippen LogP contribution in [-0.2, 0) is 5.41 Å². The van der Waals surface area contributed by atoms with Gasteiger partial charge in [-0.05, 0) is 133 Å². The smallest absolute Gasteiger partial charge is 0.0459 e. The molecule has 0 radical (unpaired) electrons. The molecule has 2 bridgehead atoms. The molecule has 45 heavy (non-hydrogen) atoms. The zero-order valence-electron chi connectivity index (χ0n) is 27.0. The van der Waals surface area contributed by atoms with Gasteiger partial charge in [-0.1, -0.05) is 63.8 Å². The molecule has 3 aliphatic rings. The van der Waals surface area contributed by atoms with Gasteiger partial charge in [-0.3, -0.25) is 0 Å². The molecule has 4 aromatic heterocycles. The van der Waals surface area contributed by atoms with E-state index in [2.05, 4.69) is 88.4 Å². The Labute approximate surface area is 284 Å². The fraction of sp³-hybridized carbons (Fsp3) is 0.415. The SMILES string of the molecule is CCCC12CCCC(CCC)(CCC1)C21c2cc(-c3cc4sc(C)cc4s3)ccc2-c2ccc(-c3cc4sc(C)cc4s3)cc21. The Morgan fingerprint density at radius 3 is 1.36 bits per heavy atom. The Kier molecular flexibility index (Phi) is 6.67. The monoisotopic (exact) mass is 662 g/mol. The average Bonchev–Trinajstić information content (AvgIpc) is 3.80. The number of thiophene rings is 4. The summed E-state index contributed by atoms with van der Waals surface area (Å²) in [6, 6.07) is 25.1. The van der Waals surface area contributed by atoms with E-state index in [1.807, 2.05) is 45.3 Å². The van der Waals surface area contributed by atoms with E-state index < -0.39 is 0 Å². The minimum Gasteiger partial charge on any atom is -0.140 e. The van der Waals surface area contributed by atoms with Crippen molar-refractivity contribution in [3.8, 4) is 32.0 Å². The van der Waals surface area contributed by atoms with Gasteiger partial charge in [0.05, 0.1) is 0 Å². The molecule has 2 fully saturated rings. The van der Waals surface area contributed by atoms with Crippen molar-refractivity contribution in [2.75, 3.05) is 0 Å². The van der Waals surface area contributed by atoms with Crippen molar-refractivity contribution in [2.45, 2.75) is 97.3 Å². The molecule has 0 saturated heterocycles. The van der Waals surface area contributed by atoms with Crippen molar-refractivity contribution < 1.29 is 0 Å². The van der Waals surface area contributed by atoms with Gasteiger partial charge in [0, 0.05) is 43.7 Å². The molecule has 0 unspecified atom stereocenters. The summed E-state index contributed by atoms with van der Waals surface area (Å²) in [6.07, 6.45) is 13.5. The number of benzene rings is 2. The molecule has 0 aliphatic heterocycles. The molecular weight excluding hydrogens is 621 g/mol. The minimum atomic E-state index is 0.0790. The van der Waals surface area contributed by atoms with Crippen LogP contribution in [0.2, 0.25) is 0 Å². The van der Waals surface area contributed by atoms with Gasteiger partial charge in [0.2, 0.25) is 0 Å². The van der Waals surface area contributed by atoms with Gasteiger partial charge in [0.25, 0.3) is 0 Å². The lowest BCUT2D eigenvalue weighted by atomic mass is 9.36. The lowest BCUT2D eigenvalue weighted by Gasteiger charge is -2.67. The summed E-state index contributed by atoms with van der Waals surface area (Å²) in [6.45, 7) is 9.39. The van der Waals surface area contributed by atoms with E-state index in [0.29, 0.717) is 10.8 Å². The minimum absolute atomic E-state index is 0.0790. The molecular formula is C41H42S4. The fourth-order valence-electron chi connectivity index (χ4n) is 10.9. The van der Waals surface area contributed by atoms with Gasteiger partial charge >= 0.3 is 0 Å². The first-order valence-corrected chi connectivity index (χ1v) is 20.5. The highest BCUT2D eigenvalue weighted by Crippen LogP contribution is 2.76. The van der Waals surface area contributed by atoms with Crippen molar-refractivity contribution in [3.63, 3.8) is 0 Å².